The molecule has 4 rings (SSSR count). The highest BCUT2D eigenvalue weighted by Crippen LogP contribution is 2.39. The first-order valence-electron chi connectivity index (χ1n) is 9.17. The highest BCUT2D eigenvalue weighted by atomic mass is 35.5. The second-order valence-electron chi connectivity index (χ2n) is 7.05. The Morgan fingerprint density at radius 1 is 1.30 bits per heavy atom. The molecule has 0 radical (unpaired) electrons. The monoisotopic (exact) mass is 383 g/mol. The van der Waals surface area contributed by atoms with Crippen LogP contribution in [0.2, 0.25) is 5.02 Å². The first kappa shape index (κ1) is 18.0. The van der Waals surface area contributed by atoms with Gasteiger partial charge in [0, 0.05) is 36.6 Å². The smallest absolute Gasteiger partial charge is 0.153 e. The molecule has 0 aliphatic carbocycles. The third-order valence-electron chi connectivity index (χ3n) is 5.24. The summed E-state index contributed by atoms with van der Waals surface area (Å²) in [5.41, 5.74) is 1.66. The molecule has 1 fully saturated rings. The number of nitrogens with zero attached hydrogens (tertiary/aromatic N) is 2. The summed E-state index contributed by atoms with van der Waals surface area (Å²) in [6.07, 6.45) is 0. The summed E-state index contributed by atoms with van der Waals surface area (Å²) in [6, 6.07) is 13.5. The van der Waals surface area contributed by atoms with Crippen molar-refractivity contribution < 1.29 is 9.53 Å². The van der Waals surface area contributed by atoms with Crippen molar-refractivity contribution in [1.82, 2.24) is 10.2 Å². The van der Waals surface area contributed by atoms with Crippen LogP contribution in [-0.2, 0) is 4.79 Å². The summed E-state index contributed by atoms with van der Waals surface area (Å²) < 4.78 is 6.12. The van der Waals surface area contributed by atoms with Gasteiger partial charge in [-0.2, -0.15) is 0 Å². The lowest BCUT2D eigenvalue weighted by Gasteiger charge is -2.37. The molecule has 0 bridgehead atoms. The van der Waals surface area contributed by atoms with Gasteiger partial charge in [0.15, 0.2) is 5.75 Å². The van der Waals surface area contributed by atoms with Gasteiger partial charge in [0.1, 0.15) is 23.1 Å². The summed E-state index contributed by atoms with van der Waals surface area (Å²) in [5, 5.41) is 4.09. The molecule has 2 heterocycles. The fraction of sp³-hybridized carbons (Fsp3) is 0.333. The van der Waals surface area contributed by atoms with Gasteiger partial charge in [-0.15, -0.1) is 0 Å². The Labute approximate surface area is 164 Å². The number of hydrogen-bond donors (Lipinski definition) is 1. The van der Waals surface area contributed by atoms with Crippen LogP contribution in [0.15, 0.2) is 47.5 Å². The van der Waals surface area contributed by atoms with Crippen LogP contribution in [0.1, 0.15) is 19.4 Å². The fourth-order valence-electron chi connectivity index (χ4n) is 3.53. The Morgan fingerprint density at radius 3 is 2.93 bits per heavy atom. The maximum atomic E-state index is 11.9. The third kappa shape index (κ3) is 3.57. The van der Waals surface area contributed by atoms with Gasteiger partial charge in [0.25, 0.3) is 0 Å². The molecule has 27 heavy (non-hydrogen) atoms. The number of ketones is 1. The van der Waals surface area contributed by atoms with E-state index in [9.17, 15) is 4.79 Å². The minimum Gasteiger partial charge on any atom is -0.454 e. The van der Waals surface area contributed by atoms with Gasteiger partial charge >= 0.3 is 0 Å². The van der Waals surface area contributed by atoms with E-state index in [-0.39, 0.29) is 17.7 Å². The van der Waals surface area contributed by atoms with Crippen molar-refractivity contribution in [1.29, 1.82) is 0 Å². The molecule has 0 aromatic heterocycles. The minimum atomic E-state index is -0.0487. The van der Waals surface area contributed by atoms with Crippen molar-refractivity contribution >= 4 is 28.9 Å². The lowest BCUT2D eigenvalue weighted by molar-refractivity contribution is -0.121. The molecule has 6 heteroatoms. The Morgan fingerprint density at radius 2 is 2.11 bits per heavy atom. The topological polar surface area (TPSA) is 53.9 Å². The lowest BCUT2D eigenvalue weighted by Crippen LogP contribution is -2.56. The quantitative estimate of drug-likeness (QED) is 0.850. The Kier molecular flexibility index (Phi) is 4.89. The predicted octanol–water partition coefficient (Wildman–Crippen LogP) is 4.02. The summed E-state index contributed by atoms with van der Waals surface area (Å²) in [7, 11) is 0. The molecule has 2 aliphatic rings. The molecule has 0 spiro atoms. The van der Waals surface area contributed by atoms with Gasteiger partial charge in [0.05, 0.1) is 5.56 Å². The van der Waals surface area contributed by atoms with Crippen molar-refractivity contribution in [2.75, 3.05) is 19.6 Å². The van der Waals surface area contributed by atoms with Crippen LogP contribution in [0.3, 0.4) is 0 Å². The van der Waals surface area contributed by atoms with E-state index in [1.54, 1.807) is 13.0 Å². The number of piperazine rings is 1. The molecule has 140 valence electrons. The number of fused-ring (bicyclic) bond motifs is 2. The number of para-hydroxylation sites is 1. The summed E-state index contributed by atoms with van der Waals surface area (Å²) in [5.74, 6) is 2.46. The summed E-state index contributed by atoms with van der Waals surface area (Å²) >= 11 is 6.19. The highest BCUT2D eigenvalue weighted by Gasteiger charge is 2.30. The Balaban J connectivity index is 1.76. The number of rotatable bonds is 2. The first-order valence-corrected chi connectivity index (χ1v) is 9.55. The van der Waals surface area contributed by atoms with Crippen LogP contribution < -0.4 is 10.1 Å². The van der Waals surface area contributed by atoms with Crippen molar-refractivity contribution in [3.63, 3.8) is 0 Å². The number of Topliss-reactive ketones (excluding diaryl/α,β-unsaturated/α-hetero) is 1. The van der Waals surface area contributed by atoms with E-state index < -0.39 is 0 Å². The Bertz CT molecular complexity index is 912. The second kappa shape index (κ2) is 7.33. The SMILES string of the molecule is CC(=O)[C@H](C)[C@H]1CN(C2=Nc3cc(Cl)ccc3Oc3ccccc32)CCN1. The van der Waals surface area contributed by atoms with Crippen LogP contribution in [0.4, 0.5) is 5.69 Å². The Hall–Kier alpha value is -2.37. The fourth-order valence-corrected chi connectivity index (χ4v) is 3.69. The molecule has 0 unspecified atom stereocenters. The molecule has 2 aromatic rings. The molecule has 1 N–H and O–H groups in total. The zero-order chi connectivity index (χ0) is 19.0. The number of benzene rings is 2. The van der Waals surface area contributed by atoms with Gasteiger partial charge in [0.2, 0.25) is 0 Å². The number of carbonyl (C=O) groups is 1. The number of carbonyl (C=O) groups excluding carboxylic acids is 1. The zero-order valence-electron chi connectivity index (χ0n) is 15.4. The van der Waals surface area contributed by atoms with Crippen LogP contribution in [0.25, 0.3) is 0 Å². The van der Waals surface area contributed by atoms with Gasteiger partial charge in [-0.3, -0.25) is 4.79 Å². The van der Waals surface area contributed by atoms with E-state index in [4.69, 9.17) is 21.3 Å². The highest BCUT2D eigenvalue weighted by molar-refractivity contribution is 6.31. The summed E-state index contributed by atoms with van der Waals surface area (Å²) in [4.78, 5) is 19.0. The molecule has 1 saturated heterocycles. The van der Waals surface area contributed by atoms with Gasteiger partial charge in [-0.25, -0.2) is 4.99 Å². The first-order chi connectivity index (χ1) is 13.0. The number of aliphatic imine (C=N–C) groups is 1. The number of nitrogens with one attached hydrogen (secondary N) is 1. The van der Waals surface area contributed by atoms with Crippen LogP contribution in [0.5, 0.6) is 11.5 Å². The molecular weight excluding hydrogens is 362 g/mol. The number of hydrogen-bond acceptors (Lipinski definition) is 5. The molecule has 2 aromatic carbocycles. The van der Waals surface area contributed by atoms with E-state index in [2.05, 4.69) is 10.2 Å². The minimum absolute atomic E-state index is 0.0487. The standard InChI is InChI=1S/C21H22ClN3O2/c1-13(14(2)26)18-12-25(10-9-23-18)21-16-5-3-4-6-19(16)27-20-8-7-15(22)11-17(20)24-21/h3-8,11,13,18,23H,9-10,12H2,1-2H3/t13-,18+/m0/s1. The van der Waals surface area contributed by atoms with E-state index in [0.29, 0.717) is 23.0 Å². The van der Waals surface area contributed by atoms with E-state index in [1.165, 1.54) is 0 Å². The maximum Gasteiger partial charge on any atom is 0.153 e. The largest absolute Gasteiger partial charge is 0.454 e. The van der Waals surface area contributed by atoms with Crippen molar-refractivity contribution in [2.24, 2.45) is 10.9 Å². The van der Waals surface area contributed by atoms with E-state index >= 15 is 0 Å². The zero-order valence-corrected chi connectivity index (χ0v) is 16.2. The van der Waals surface area contributed by atoms with Crippen LogP contribution >= 0.6 is 11.6 Å². The number of amidine groups is 1. The molecular formula is C21H22ClN3O2. The number of ether oxygens (including phenoxy) is 1. The average Bonchev–Trinajstić information content (AvgIpc) is 2.84. The molecule has 5 nitrogen and oxygen atoms in total. The predicted molar refractivity (Wildman–Crippen MR) is 107 cm³/mol. The second-order valence-corrected chi connectivity index (χ2v) is 7.49. The molecule has 0 saturated carbocycles. The lowest BCUT2D eigenvalue weighted by atomic mass is 9.95. The normalized spacial score (nSPS) is 19.9. The molecule has 2 aliphatic heterocycles. The summed E-state index contributed by atoms with van der Waals surface area (Å²) in [6.45, 7) is 5.95. The molecule has 2 atom stereocenters. The van der Waals surface area contributed by atoms with Crippen LogP contribution in [-0.4, -0.2) is 42.2 Å². The van der Waals surface area contributed by atoms with E-state index in [1.807, 2.05) is 43.3 Å². The third-order valence-corrected chi connectivity index (χ3v) is 5.48. The van der Waals surface area contributed by atoms with Crippen molar-refractivity contribution in [2.45, 2.75) is 19.9 Å². The van der Waals surface area contributed by atoms with Crippen molar-refractivity contribution in [3.05, 3.63) is 53.1 Å². The number of halogens is 1. The average molecular weight is 384 g/mol. The van der Waals surface area contributed by atoms with Crippen LogP contribution in [0, 0.1) is 5.92 Å². The van der Waals surface area contributed by atoms with E-state index in [0.717, 1.165) is 30.2 Å². The van der Waals surface area contributed by atoms with Gasteiger partial charge < -0.3 is 15.0 Å². The maximum absolute atomic E-state index is 11.9. The van der Waals surface area contributed by atoms with Crippen molar-refractivity contribution in [3.8, 4) is 11.5 Å². The van der Waals surface area contributed by atoms with Gasteiger partial charge in [-0.05, 0) is 37.3 Å². The van der Waals surface area contributed by atoms with Gasteiger partial charge in [-0.1, -0.05) is 30.7 Å². The molecule has 0 amide bonds.